The molecule has 4 rings (SSSR count). The Morgan fingerprint density at radius 1 is 1.15 bits per heavy atom. The van der Waals surface area contributed by atoms with E-state index in [0.29, 0.717) is 5.92 Å². The summed E-state index contributed by atoms with van der Waals surface area (Å²) in [6, 6.07) is 15.8. The number of ether oxygens (including phenoxy) is 1. The van der Waals surface area contributed by atoms with Crippen molar-refractivity contribution in [3.8, 4) is 0 Å². The Kier molecular flexibility index (Phi) is 6.89. The lowest BCUT2D eigenvalue weighted by Crippen LogP contribution is -2.44. The molecule has 7 nitrogen and oxygen atoms in total. The van der Waals surface area contributed by atoms with Gasteiger partial charge < -0.3 is 20.7 Å². The average Bonchev–Trinajstić information content (AvgIpc) is 3.10. The third-order valence-electron chi connectivity index (χ3n) is 6.06. The van der Waals surface area contributed by atoms with Gasteiger partial charge >= 0.3 is 6.09 Å². The molecule has 0 atom stereocenters. The van der Waals surface area contributed by atoms with Crippen LogP contribution in [0.5, 0.6) is 0 Å². The van der Waals surface area contributed by atoms with Gasteiger partial charge in [0.25, 0.3) is 0 Å². The molecule has 2 aliphatic rings. The minimum atomic E-state index is -0.382. The third kappa shape index (κ3) is 5.68. The summed E-state index contributed by atoms with van der Waals surface area (Å²) in [5.41, 5.74) is 10.8. The number of nitrogens with zero attached hydrogens (tertiary/aromatic N) is 2. The van der Waals surface area contributed by atoms with Crippen molar-refractivity contribution >= 4 is 29.5 Å². The Bertz CT molecular complexity index is 1090. The summed E-state index contributed by atoms with van der Waals surface area (Å²) < 4.78 is 7.51. The fraction of sp³-hybridized carbons (Fsp3) is 0.346. The van der Waals surface area contributed by atoms with E-state index in [0.717, 1.165) is 41.8 Å². The Hall–Kier alpha value is -3.45. The first-order valence-electron chi connectivity index (χ1n) is 11.3. The molecule has 33 heavy (non-hydrogen) atoms. The van der Waals surface area contributed by atoms with Gasteiger partial charge in [0.05, 0.1) is 18.5 Å². The fourth-order valence-electron chi connectivity index (χ4n) is 4.29. The second-order valence-corrected chi connectivity index (χ2v) is 9.00. The van der Waals surface area contributed by atoms with Crippen molar-refractivity contribution in [2.75, 3.05) is 20.6 Å². The SMILES string of the molecule is CN(C)CC=[N+]1C=C([C@H]2C[C@H](NC(=O)OCc3ccccc3)C2)c2cc(CC(N)=O)ccc21. The van der Waals surface area contributed by atoms with Crippen LogP contribution in [0.1, 0.15) is 29.5 Å². The van der Waals surface area contributed by atoms with Gasteiger partial charge in [-0.25, -0.2) is 4.79 Å². The number of fused-ring (bicyclic) bond motifs is 1. The number of alkyl carbamates (subject to hydrolysis) is 1. The average molecular weight is 448 g/mol. The van der Waals surface area contributed by atoms with E-state index in [1.54, 1.807) is 0 Å². The normalized spacial score (nSPS) is 20.2. The van der Waals surface area contributed by atoms with Crippen LogP contribution in [0.25, 0.3) is 5.57 Å². The van der Waals surface area contributed by atoms with Crippen LogP contribution in [0.2, 0.25) is 0 Å². The zero-order valence-electron chi connectivity index (χ0n) is 19.2. The van der Waals surface area contributed by atoms with Crippen LogP contribution in [-0.2, 0) is 22.6 Å². The number of benzene rings is 2. The number of nitrogens with two attached hydrogens (primary N) is 1. The molecule has 0 unspecified atom stereocenters. The smallest absolute Gasteiger partial charge is 0.407 e. The number of carbonyl (C=O) groups excluding carboxylic acids is 2. The first-order valence-corrected chi connectivity index (χ1v) is 11.3. The highest BCUT2D eigenvalue weighted by atomic mass is 16.5. The van der Waals surface area contributed by atoms with E-state index in [1.165, 1.54) is 5.57 Å². The lowest BCUT2D eigenvalue weighted by Gasteiger charge is -2.35. The molecule has 0 radical (unpaired) electrons. The monoisotopic (exact) mass is 447 g/mol. The van der Waals surface area contributed by atoms with Crippen molar-refractivity contribution in [1.29, 1.82) is 0 Å². The lowest BCUT2D eigenvalue weighted by molar-refractivity contribution is -0.351. The Labute approximate surface area is 194 Å². The van der Waals surface area contributed by atoms with E-state index in [2.05, 4.69) is 39.3 Å². The van der Waals surface area contributed by atoms with Crippen LogP contribution in [0.15, 0.2) is 54.7 Å². The molecule has 1 aliphatic carbocycles. The van der Waals surface area contributed by atoms with Crippen LogP contribution in [0, 0.1) is 5.92 Å². The van der Waals surface area contributed by atoms with Crippen LogP contribution in [-0.4, -0.2) is 54.4 Å². The van der Waals surface area contributed by atoms with Gasteiger partial charge in [-0.15, -0.1) is 0 Å². The van der Waals surface area contributed by atoms with E-state index in [9.17, 15) is 9.59 Å². The molecule has 0 aromatic heterocycles. The van der Waals surface area contributed by atoms with Crippen molar-refractivity contribution in [2.24, 2.45) is 11.7 Å². The van der Waals surface area contributed by atoms with E-state index in [4.69, 9.17) is 10.5 Å². The Morgan fingerprint density at radius 2 is 1.91 bits per heavy atom. The molecule has 1 aliphatic heterocycles. The third-order valence-corrected chi connectivity index (χ3v) is 6.06. The zero-order valence-corrected chi connectivity index (χ0v) is 19.2. The molecule has 3 N–H and O–H groups in total. The molecule has 7 heteroatoms. The van der Waals surface area contributed by atoms with Crippen molar-refractivity contribution in [3.05, 3.63) is 71.4 Å². The summed E-state index contributed by atoms with van der Waals surface area (Å²) in [4.78, 5) is 25.7. The number of allylic oxidation sites excluding steroid dienone is 1. The molecular formula is C26H31N4O3+. The van der Waals surface area contributed by atoms with E-state index < -0.39 is 0 Å². The van der Waals surface area contributed by atoms with Crippen molar-refractivity contribution in [3.63, 3.8) is 0 Å². The molecule has 0 bridgehead atoms. The van der Waals surface area contributed by atoms with Gasteiger partial charge in [-0.2, -0.15) is 4.58 Å². The minimum absolute atomic E-state index is 0.0937. The van der Waals surface area contributed by atoms with Crippen molar-refractivity contribution < 1.29 is 18.9 Å². The van der Waals surface area contributed by atoms with Gasteiger partial charge in [-0.05, 0) is 50.0 Å². The van der Waals surface area contributed by atoms with Gasteiger partial charge in [0.15, 0.2) is 12.4 Å². The quantitative estimate of drug-likeness (QED) is 0.609. The van der Waals surface area contributed by atoms with Crippen molar-refractivity contribution in [2.45, 2.75) is 31.9 Å². The number of rotatable bonds is 8. The summed E-state index contributed by atoms with van der Waals surface area (Å²) in [5, 5.41) is 2.98. The standard InChI is InChI=1S/C26H30N4O3/c1-29(2)10-11-30-16-23(22-12-19(13-25(27)31)8-9-24(22)30)20-14-21(15-20)28-26(32)33-17-18-6-4-3-5-7-18/h3-9,11-12,16,20-21H,10,13-15,17H2,1-2H3,(H2-,27,28,31,32)/p+1/t20-,21-. The summed E-state index contributed by atoms with van der Waals surface area (Å²) in [7, 11) is 4.07. The maximum atomic E-state index is 12.2. The van der Waals surface area contributed by atoms with E-state index in [1.807, 2.05) is 50.5 Å². The summed E-state index contributed by atoms with van der Waals surface area (Å²) in [6.07, 6.45) is 5.88. The zero-order chi connectivity index (χ0) is 23.4. The van der Waals surface area contributed by atoms with Crippen LogP contribution >= 0.6 is 0 Å². The predicted octanol–water partition coefficient (Wildman–Crippen LogP) is 3.05. The van der Waals surface area contributed by atoms with Crippen LogP contribution in [0.3, 0.4) is 0 Å². The van der Waals surface area contributed by atoms with Gasteiger partial charge in [-0.3, -0.25) is 4.79 Å². The second-order valence-electron chi connectivity index (χ2n) is 9.00. The highest BCUT2D eigenvalue weighted by Gasteiger charge is 2.39. The van der Waals surface area contributed by atoms with Crippen LogP contribution < -0.4 is 11.1 Å². The maximum absolute atomic E-state index is 12.2. The number of hydrogen-bond donors (Lipinski definition) is 2. The lowest BCUT2D eigenvalue weighted by atomic mass is 9.74. The summed E-state index contributed by atoms with van der Waals surface area (Å²) in [6.45, 7) is 1.08. The number of hydrogen-bond acceptors (Lipinski definition) is 4. The molecule has 1 heterocycles. The molecule has 2 aromatic rings. The summed E-state index contributed by atoms with van der Waals surface area (Å²) in [5.74, 6) is 0.00110. The van der Waals surface area contributed by atoms with E-state index in [-0.39, 0.29) is 31.1 Å². The molecule has 172 valence electrons. The molecule has 2 amide bonds. The molecular weight excluding hydrogens is 416 g/mol. The molecule has 0 saturated heterocycles. The van der Waals surface area contributed by atoms with Crippen LogP contribution in [0.4, 0.5) is 10.5 Å². The number of amides is 2. The summed E-state index contributed by atoms with van der Waals surface area (Å²) >= 11 is 0. The number of carbonyl (C=O) groups is 2. The second kappa shape index (κ2) is 10.0. The molecule has 0 spiro atoms. The highest BCUT2D eigenvalue weighted by molar-refractivity contribution is 5.82. The Balaban J connectivity index is 1.40. The van der Waals surface area contributed by atoms with Gasteiger partial charge in [0, 0.05) is 17.7 Å². The van der Waals surface area contributed by atoms with Gasteiger partial charge in [-0.1, -0.05) is 36.4 Å². The minimum Gasteiger partial charge on any atom is -0.445 e. The highest BCUT2D eigenvalue weighted by Crippen LogP contribution is 2.45. The predicted molar refractivity (Wildman–Crippen MR) is 128 cm³/mol. The Morgan fingerprint density at radius 3 is 2.61 bits per heavy atom. The first-order chi connectivity index (χ1) is 15.9. The fourth-order valence-corrected chi connectivity index (χ4v) is 4.29. The van der Waals surface area contributed by atoms with Crippen molar-refractivity contribution in [1.82, 2.24) is 10.2 Å². The molecule has 2 aromatic carbocycles. The largest absolute Gasteiger partial charge is 0.445 e. The molecule has 1 saturated carbocycles. The molecule has 1 fully saturated rings. The number of primary amides is 1. The topological polar surface area (TPSA) is 87.7 Å². The van der Waals surface area contributed by atoms with Gasteiger partial charge in [0.2, 0.25) is 11.6 Å². The number of nitrogens with one attached hydrogen (secondary N) is 1. The van der Waals surface area contributed by atoms with E-state index >= 15 is 0 Å². The van der Waals surface area contributed by atoms with Gasteiger partial charge in [0.1, 0.15) is 6.61 Å². The maximum Gasteiger partial charge on any atom is 0.407 e. The first kappa shape index (κ1) is 22.7.